The Kier molecular flexibility index (Phi) is 5.41. The second-order valence-electron chi connectivity index (χ2n) is 7.06. The minimum absolute atomic E-state index is 0.866. The third-order valence-electron chi connectivity index (χ3n) is 5.81. The molecule has 22 heavy (non-hydrogen) atoms. The summed E-state index contributed by atoms with van der Waals surface area (Å²) in [5.74, 6) is 0.984. The number of fused-ring (bicyclic) bond motifs is 1. The predicted octanol–water partition coefficient (Wildman–Crippen LogP) is 4.69. The summed E-state index contributed by atoms with van der Waals surface area (Å²) in [5.41, 5.74) is 2.85. The smallest absolute Gasteiger partial charge is 0.0366 e. The van der Waals surface area contributed by atoms with Crippen molar-refractivity contribution in [2.75, 3.05) is 24.5 Å². The molecule has 1 saturated carbocycles. The molecule has 1 aromatic carbocycles. The number of hydrogen-bond acceptors (Lipinski definition) is 2. The van der Waals surface area contributed by atoms with Gasteiger partial charge in [0.05, 0.1) is 0 Å². The van der Waals surface area contributed by atoms with E-state index in [1.54, 1.807) is 0 Å². The average Bonchev–Trinajstić information content (AvgIpc) is 2.58. The van der Waals surface area contributed by atoms with Crippen molar-refractivity contribution in [2.24, 2.45) is 5.92 Å². The van der Waals surface area contributed by atoms with Crippen molar-refractivity contribution in [3.05, 3.63) is 29.8 Å². The van der Waals surface area contributed by atoms with Crippen molar-refractivity contribution >= 4 is 5.69 Å². The van der Waals surface area contributed by atoms with Gasteiger partial charge in [-0.05, 0) is 69.7 Å². The Bertz CT molecular complexity index is 447. The van der Waals surface area contributed by atoms with Crippen LogP contribution in [0.2, 0.25) is 0 Å². The summed E-state index contributed by atoms with van der Waals surface area (Å²) in [5, 5.41) is 0. The first kappa shape index (κ1) is 15.9. The second kappa shape index (κ2) is 7.50. The summed E-state index contributed by atoms with van der Waals surface area (Å²) in [6.07, 6.45) is 8.69. The molecule has 0 unspecified atom stereocenters. The van der Waals surface area contributed by atoms with Crippen LogP contribution in [0.5, 0.6) is 0 Å². The molecule has 0 bridgehead atoms. The molecule has 0 N–H and O–H groups in total. The molecule has 122 valence electrons. The van der Waals surface area contributed by atoms with Crippen LogP contribution in [-0.2, 0) is 6.54 Å². The fourth-order valence-corrected chi connectivity index (χ4v) is 4.56. The van der Waals surface area contributed by atoms with Gasteiger partial charge in [0.2, 0.25) is 0 Å². The lowest BCUT2D eigenvalue weighted by Crippen LogP contribution is -2.46. The Balaban J connectivity index is 1.64. The zero-order chi connectivity index (χ0) is 15.4. The van der Waals surface area contributed by atoms with Crippen molar-refractivity contribution in [1.29, 1.82) is 0 Å². The highest BCUT2D eigenvalue weighted by Gasteiger charge is 2.32. The summed E-state index contributed by atoms with van der Waals surface area (Å²) in [7, 11) is 0. The lowest BCUT2D eigenvalue weighted by atomic mass is 9.78. The van der Waals surface area contributed by atoms with E-state index in [4.69, 9.17) is 0 Å². The van der Waals surface area contributed by atoms with E-state index in [-0.39, 0.29) is 0 Å². The van der Waals surface area contributed by atoms with Crippen molar-refractivity contribution < 1.29 is 0 Å². The van der Waals surface area contributed by atoms with E-state index in [0.29, 0.717) is 0 Å². The van der Waals surface area contributed by atoms with Gasteiger partial charge in [0.1, 0.15) is 0 Å². The molecule has 1 aromatic rings. The molecule has 1 saturated heterocycles. The van der Waals surface area contributed by atoms with E-state index in [2.05, 4.69) is 47.9 Å². The number of anilines is 1. The highest BCUT2D eigenvalue weighted by Crippen LogP contribution is 2.36. The van der Waals surface area contributed by atoms with Crippen LogP contribution in [0.25, 0.3) is 0 Å². The molecule has 1 aliphatic carbocycles. The van der Waals surface area contributed by atoms with Crippen LogP contribution in [0.1, 0.15) is 57.9 Å². The van der Waals surface area contributed by atoms with E-state index in [9.17, 15) is 0 Å². The van der Waals surface area contributed by atoms with Crippen LogP contribution < -0.4 is 4.90 Å². The third kappa shape index (κ3) is 3.48. The topological polar surface area (TPSA) is 6.48 Å². The standard InChI is InChI=1S/C20H32N2/c1-3-21(4-2)19-13-11-17(12-14-19)16-22-15-7-9-18-8-5-6-10-20(18)22/h11-14,18,20H,3-10,15-16H2,1-2H3/t18-,20+/m1/s1. The van der Waals surface area contributed by atoms with Gasteiger partial charge >= 0.3 is 0 Å². The zero-order valence-corrected chi connectivity index (χ0v) is 14.4. The maximum atomic E-state index is 2.78. The number of piperidine rings is 1. The largest absolute Gasteiger partial charge is 0.372 e. The Morgan fingerprint density at radius 3 is 2.36 bits per heavy atom. The fraction of sp³-hybridized carbons (Fsp3) is 0.700. The summed E-state index contributed by atoms with van der Waals surface area (Å²) in [6.45, 7) is 9.10. The normalized spacial score (nSPS) is 25.7. The molecule has 2 fully saturated rings. The molecule has 0 aromatic heterocycles. The van der Waals surface area contributed by atoms with Gasteiger partial charge in [-0.25, -0.2) is 0 Å². The molecule has 0 radical (unpaired) electrons. The van der Waals surface area contributed by atoms with Gasteiger partial charge in [-0.1, -0.05) is 25.0 Å². The van der Waals surface area contributed by atoms with Crippen LogP contribution >= 0.6 is 0 Å². The van der Waals surface area contributed by atoms with Gasteiger partial charge in [0, 0.05) is 31.4 Å². The van der Waals surface area contributed by atoms with E-state index in [1.807, 2.05) is 0 Å². The van der Waals surface area contributed by atoms with Crippen LogP contribution in [0.3, 0.4) is 0 Å². The summed E-state index contributed by atoms with van der Waals surface area (Å²) in [4.78, 5) is 5.20. The first-order chi connectivity index (χ1) is 10.8. The van der Waals surface area contributed by atoms with Gasteiger partial charge in [0.15, 0.2) is 0 Å². The average molecular weight is 300 g/mol. The van der Waals surface area contributed by atoms with Crippen molar-refractivity contribution in [1.82, 2.24) is 4.90 Å². The van der Waals surface area contributed by atoms with Crippen LogP contribution in [0.15, 0.2) is 24.3 Å². The molecule has 1 heterocycles. The maximum absolute atomic E-state index is 2.78. The summed E-state index contributed by atoms with van der Waals surface area (Å²) >= 11 is 0. The quantitative estimate of drug-likeness (QED) is 0.778. The second-order valence-corrected chi connectivity index (χ2v) is 7.06. The monoisotopic (exact) mass is 300 g/mol. The predicted molar refractivity (Wildman–Crippen MR) is 95.4 cm³/mol. The molecule has 2 aliphatic rings. The van der Waals surface area contributed by atoms with E-state index < -0.39 is 0 Å². The maximum Gasteiger partial charge on any atom is 0.0366 e. The van der Waals surface area contributed by atoms with E-state index in [0.717, 1.165) is 31.6 Å². The first-order valence-electron chi connectivity index (χ1n) is 9.39. The highest BCUT2D eigenvalue weighted by atomic mass is 15.2. The van der Waals surface area contributed by atoms with Gasteiger partial charge < -0.3 is 4.90 Å². The zero-order valence-electron chi connectivity index (χ0n) is 14.4. The number of rotatable bonds is 5. The third-order valence-corrected chi connectivity index (χ3v) is 5.81. The van der Waals surface area contributed by atoms with Crippen LogP contribution in [0, 0.1) is 5.92 Å². The molecular formula is C20H32N2. The van der Waals surface area contributed by atoms with Crippen molar-refractivity contribution in [3.63, 3.8) is 0 Å². The Morgan fingerprint density at radius 1 is 0.955 bits per heavy atom. The molecule has 1 aliphatic heterocycles. The van der Waals surface area contributed by atoms with Crippen LogP contribution in [-0.4, -0.2) is 30.6 Å². The number of nitrogens with zero attached hydrogens (tertiary/aromatic N) is 2. The van der Waals surface area contributed by atoms with Gasteiger partial charge in [-0.3, -0.25) is 4.90 Å². The minimum Gasteiger partial charge on any atom is -0.372 e. The molecule has 0 amide bonds. The van der Waals surface area contributed by atoms with Gasteiger partial charge in [-0.2, -0.15) is 0 Å². The Labute approximate surface area is 136 Å². The summed E-state index contributed by atoms with van der Waals surface area (Å²) < 4.78 is 0. The van der Waals surface area contributed by atoms with Crippen LogP contribution in [0.4, 0.5) is 5.69 Å². The molecular weight excluding hydrogens is 268 g/mol. The molecule has 2 nitrogen and oxygen atoms in total. The number of benzene rings is 1. The fourth-order valence-electron chi connectivity index (χ4n) is 4.56. The lowest BCUT2D eigenvalue weighted by molar-refractivity contribution is 0.0547. The summed E-state index contributed by atoms with van der Waals surface area (Å²) in [6, 6.07) is 10.2. The van der Waals surface area contributed by atoms with Gasteiger partial charge in [-0.15, -0.1) is 0 Å². The Morgan fingerprint density at radius 2 is 1.64 bits per heavy atom. The first-order valence-corrected chi connectivity index (χ1v) is 9.39. The minimum atomic E-state index is 0.866. The van der Waals surface area contributed by atoms with Crippen molar-refractivity contribution in [2.45, 2.75) is 65.0 Å². The molecule has 3 rings (SSSR count). The number of hydrogen-bond donors (Lipinski definition) is 0. The number of likely N-dealkylation sites (tertiary alicyclic amines) is 1. The molecule has 2 heteroatoms. The Hall–Kier alpha value is -1.02. The molecule has 2 atom stereocenters. The van der Waals surface area contributed by atoms with Crippen molar-refractivity contribution in [3.8, 4) is 0 Å². The van der Waals surface area contributed by atoms with E-state index >= 15 is 0 Å². The lowest BCUT2D eigenvalue weighted by Gasteiger charge is -2.44. The SMILES string of the molecule is CCN(CC)c1ccc(CN2CCC[C@H]3CCCC[C@@H]32)cc1. The molecule has 0 spiro atoms. The highest BCUT2D eigenvalue weighted by molar-refractivity contribution is 5.47. The van der Waals surface area contributed by atoms with Gasteiger partial charge in [0.25, 0.3) is 0 Å². The van der Waals surface area contributed by atoms with E-state index in [1.165, 1.54) is 56.3 Å².